The quantitative estimate of drug-likeness (QED) is 0.170. The van der Waals surface area contributed by atoms with Crippen LogP contribution >= 0.6 is 11.3 Å². The lowest BCUT2D eigenvalue weighted by Crippen LogP contribution is -2.58. The number of rotatable bonds is 2. The summed E-state index contributed by atoms with van der Waals surface area (Å²) < 4.78 is 1.48. The molecule has 0 bridgehead atoms. The minimum atomic E-state index is 0.0436. The molecule has 0 atom stereocenters. The Labute approximate surface area is 291 Å². The van der Waals surface area contributed by atoms with Crippen LogP contribution in [-0.2, 0) is 16.2 Å². The van der Waals surface area contributed by atoms with Crippen molar-refractivity contribution in [3.8, 4) is 21.6 Å². The standard InChI is InChI=1S/C45H46BNS/c1-27-24-35-33-12-11-13-34-39(33)42(48-41(34)28-14-16-29(17-15-28)43(2,3)4)46-36-26-31(45(8,9)10)20-23-37(36)47(38(25-27)40(35)46)32-21-18-30(19-22-32)44(5,6)7/h11-26H,1-10H3. The van der Waals surface area contributed by atoms with E-state index in [2.05, 4.69) is 171 Å². The minimum absolute atomic E-state index is 0.0436. The third-order valence-corrected chi connectivity index (χ3v) is 11.9. The van der Waals surface area contributed by atoms with Crippen molar-refractivity contribution in [2.75, 3.05) is 4.90 Å². The first kappa shape index (κ1) is 31.2. The van der Waals surface area contributed by atoms with Crippen molar-refractivity contribution >= 4 is 61.6 Å². The van der Waals surface area contributed by atoms with E-state index >= 15 is 0 Å². The summed E-state index contributed by atoms with van der Waals surface area (Å²) >= 11 is 2.01. The predicted octanol–water partition coefficient (Wildman–Crippen LogP) is 11.0. The molecular weight excluding hydrogens is 597 g/mol. The zero-order chi connectivity index (χ0) is 33.9. The van der Waals surface area contributed by atoms with Gasteiger partial charge in [-0.1, -0.05) is 135 Å². The third kappa shape index (κ3) is 4.80. The van der Waals surface area contributed by atoms with Gasteiger partial charge in [0.15, 0.2) is 0 Å². The van der Waals surface area contributed by atoms with Gasteiger partial charge in [-0.25, -0.2) is 0 Å². The van der Waals surface area contributed by atoms with Gasteiger partial charge in [0.05, 0.1) is 0 Å². The maximum atomic E-state index is 2.54. The summed E-state index contributed by atoms with van der Waals surface area (Å²) in [6.45, 7) is 23.2. The van der Waals surface area contributed by atoms with Gasteiger partial charge in [0.2, 0.25) is 0 Å². The van der Waals surface area contributed by atoms with Crippen LogP contribution in [0.4, 0.5) is 17.1 Å². The molecule has 0 N–H and O–H groups in total. The number of aryl methyl sites for hydroxylation is 1. The lowest BCUT2D eigenvalue weighted by Gasteiger charge is -2.40. The average Bonchev–Trinajstić information content (AvgIpc) is 3.41. The van der Waals surface area contributed by atoms with Gasteiger partial charge in [0.1, 0.15) is 0 Å². The summed E-state index contributed by atoms with van der Waals surface area (Å²) in [7, 11) is 0. The molecule has 3 heterocycles. The second-order valence-electron chi connectivity index (χ2n) is 17.2. The topological polar surface area (TPSA) is 3.24 Å². The average molecular weight is 644 g/mol. The molecule has 0 unspecified atom stereocenters. The van der Waals surface area contributed by atoms with Crippen LogP contribution in [0.5, 0.6) is 0 Å². The van der Waals surface area contributed by atoms with Gasteiger partial charge in [-0.2, -0.15) is 0 Å². The van der Waals surface area contributed by atoms with Crippen LogP contribution in [0.1, 0.15) is 84.6 Å². The monoisotopic (exact) mass is 643 g/mol. The van der Waals surface area contributed by atoms with E-state index in [0.29, 0.717) is 0 Å². The Morgan fingerprint density at radius 1 is 0.583 bits per heavy atom. The molecule has 2 aliphatic rings. The molecule has 0 spiro atoms. The molecule has 0 saturated carbocycles. The number of hydrogen-bond donors (Lipinski definition) is 0. The summed E-state index contributed by atoms with van der Waals surface area (Å²) in [5.41, 5.74) is 16.4. The van der Waals surface area contributed by atoms with E-state index in [4.69, 9.17) is 0 Å². The highest BCUT2D eigenvalue weighted by molar-refractivity contribution is 7.32. The van der Waals surface area contributed by atoms with Crippen molar-refractivity contribution in [3.05, 3.63) is 119 Å². The van der Waals surface area contributed by atoms with Gasteiger partial charge in [-0.3, -0.25) is 0 Å². The Kier molecular flexibility index (Phi) is 6.80. The normalized spacial score (nSPS) is 14.0. The molecule has 5 aromatic carbocycles. The first-order valence-electron chi connectivity index (χ1n) is 17.5. The molecule has 0 saturated heterocycles. The van der Waals surface area contributed by atoms with Crippen molar-refractivity contribution in [1.82, 2.24) is 0 Å². The molecule has 1 aromatic heterocycles. The lowest BCUT2D eigenvalue weighted by molar-refractivity contribution is 0.590. The molecule has 6 aromatic rings. The fourth-order valence-corrected chi connectivity index (χ4v) is 9.32. The fraction of sp³-hybridized carbons (Fsp3) is 0.289. The second kappa shape index (κ2) is 10.5. The number of anilines is 3. The summed E-state index contributed by atoms with van der Waals surface area (Å²) in [5.74, 6) is 0. The summed E-state index contributed by atoms with van der Waals surface area (Å²) in [6, 6.07) is 37.8. The van der Waals surface area contributed by atoms with E-state index in [1.807, 2.05) is 11.3 Å². The van der Waals surface area contributed by atoms with E-state index in [9.17, 15) is 0 Å². The molecule has 8 rings (SSSR count). The molecule has 240 valence electrons. The number of fused-ring (bicyclic) bond motifs is 4. The van der Waals surface area contributed by atoms with Crippen LogP contribution in [0, 0.1) is 6.92 Å². The van der Waals surface area contributed by atoms with Gasteiger partial charge >= 0.3 is 0 Å². The Bertz CT molecular complexity index is 2230. The molecule has 0 fully saturated rings. The smallest absolute Gasteiger partial charge is 0.260 e. The first-order chi connectivity index (χ1) is 22.6. The molecule has 0 amide bonds. The highest BCUT2D eigenvalue weighted by atomic mass is 32.1. The van der Waals surface area contributed by atoms with Gasteiger partial charge in [-0.05, 0) is 107 Å². The van der Waals surface area contributed by atoms with Gasteiger partial charge in [0, 0.05) is 27.3 Å². The highest BCUT2D eigenvalue weighted by Gasteiger charge is 2.43. The SMILES string of the molecule is Cc1cc2c3c(c1)N(c1ccc(C(C)(C)C)cc1)c1ccc(C(C)(C)C)cc1B3c1sc(-c3ccc(C(C)(C)C)cc3)c3cccc-2c13. The second-order valence-corrected chi connectivity index (χ2v) is 18.2. The molecule has 0 radical (unpaired) electrons. The van der Waals surface area contributed by atoms with Gasteiger partial charge < -0.3 is 4.90 Å². The Morgan fingerprint density at radius 2 is 1.19 bits per heavy atom. The van der Waals surface area contributed by atoms with Crippen LogP contribution in [0.25, 0.3) is 32.3 Å². The zero-order valence-electron chi connectivity index (χ0n) is 30.2. The van der Waals surface area contributed by atoms with E-state index in [1.165, 1.54) is 87.4 Å². The Morgan fingerprint density at radius 3 is 1.81 bits per heavy atom. The Hall–Kier alpha value is -4.08. The van der Waals surface area contributed by atoms with Crippen molar-refractivity contribution in [1.29, 1.82) is 0 Å². The van der Waals surface area contributed by atoms with E-state index < -0.39 is 0 Å². The van der Waals surface area contributed by atoms with Crippen LogP contribution in [0.2, 0.25) is 0 Å². The number of nitrogens with zero attached hydrogens (tertiary/aromatic N) is 1. The van der Waals surface area contributed by atoms with E-state index in [-0.39, 0.29) is 23.0 Å². The van der Waals surface area contributed by atoms with Crippen molar-refractivity contribution in [3.63, 3.8) is 0 Å². The minimum Gasteiger partial charge on any atom is -0.311 e. The maximum Gasteiger partial charge on any atom is 0.260 e. The highest BCUT2D eigenvalue weighted by Crippen LogP contribution is 2.46. The van der Waals surface area contributed by atoms with Crippen molar-refractivity contribution < 1.29 is 0 Å². The van der Waals surface area contributed by atoms with E-state index in [1.54, 1.807) is 0 Å². The zero-order valence-corrected chi connectivity index (χ0v) is 31.0. The first-order valence-corrected chi connectivity index (χ1v) is 18.3. The molecule has 0 aliphatic carbocycles. The third-order valence-electron chi connectivity index (χ3n) is 10.6. The van der Waals surface area contributed by atoms with Crippen LogP contribution < -0.4 is 20.6 Å². The number of hydrogen-bond acceptors (Lipinski definition) is 2. The van der Waals surface area contributed by atoms with Crippen LogP contribution in [-0.4, -0.2) is 6.71 Å². The summed E-state index contributed by atoms with van der Waals surface area (Å²) in [4.78, 5) is 3.92. The molecule has 1 nitrogen and oxygen atoms in total. The number of thiophene rings is 1. The van der Waals surface area contributed by atoms with Crippen LogP contribution in [0.3, 0.4) is 0 Å². The molecule has 3 heteroatoms. The fourth-order valence-electron chi connectivity index (χ4n) is 7.88. The predicted molar refractivity (Wildman–Crippen MR) is 213 cm³/mol. The molecule has 2 aliphatic heterocycles. The van der Waals surface area contributed by atoms with Crippen molar-refractivity contribution in [2.45, 2.75) is 85.5 Å². The summed E-state index contributed by atoms with van der Waals surface area (Å²) in [5, 5.41) is 2.81. The lowest BCUT2D eigenvalue weighted by atomic mass is 9.34. The summed E-state index contributed by atoms with van der Waals surface area (Å²) in [6.07, 6.45) is 0. The molecule has 48 heavy (non-hydrogen) atoms. The van der Waals surface area contributed by atoms with E-state index in [0.717, 1.165) is 0 Å². The van der Waals surface area contributed by atoms with Crippen molar-refractivity contribution in [2.24, 2.45) is 0 Å². The molecular formula is C45H46BNS. The van der Waals surface area contributed by atoms with Gasteiger partial charge in [0.25, 0.3) is 6.71 Å². The van der Waals surface area contributed by atoms with Crippen LogP contribution in [0.15, 0.2) is 97.1 Å². The largest absolute Gasteiger partial charge is 0.311 e. The number of benzene rings is 5. The van der Waals surface area contributed by atoms with Gasteiger partial charge in [-0.15, -0.1) is 11.3 Å². The Balaban J connectivity index is 1.42. The maximum absolute atomic E-state index is 2.54.